The first-order valence-corrected chi connectivity index (χ1v) is 11.5. The van der Waals surface area contributed by atoms with Crippen molar-refractivity contribution in [3.05, 3.63) is 95.2 Å². The summed E-state index contributed by atoms with van der Waals surface area (Å²) in [5.41, 5.74) is 6.01. The normalized spacial score (nSPS) is 11.4. The highest BCUT2D eigenvalue weighted by molar-refractivity contribution is 6.10. The second-order valence-electron chi connectivity index (χ2n) is 8.19. The molecule has 0 bridgehead atoms. The number of aromatic amines is 1. The summed E-state index contributed by atoms with van der Waals surface area (Å²) in [6, 6.07) is 21.4. The number of ether oxygens (including phenoxy) is 1. The minimum atomic E-state index is -0.230. The molecule has 1 aromatic heterocycles. The van der Waals surface area contributed by atoms with Gasteiger partial charge in [0, 0.05) is 34.9 Å². The number of anilines is 1. The summed E-state index contributed by atoms with van der Waals surface area (Å²) < 4.78 is 5.47. The molecule has 6 nitrogen and oxygen atoms in total. The zero-order valence-electron chi connectivity index (χ0n) is 19.8. The van der Waals surface area contributed by atoms with Gasteiger partial charge in [0.1, 0.15) is 5.75 Å². The van der Waals surface area contributed by atoms with Gasteiger partial charge in [0.25, 0.3) is 5.91 Å². The number of aryl methyl sites for hydroxylation is 2. The summed E-state index contributed by atoms with van der Waals surface area (Å²) in [5, 5.41) is 7.45. The van der Waals surface area contributed by atoms with Crippen molar-refractivity contribution < 1.29 is 9.53 Å². The number of H-pyrrole nitrogens is 1. The molecule has 3 N–H and O–H groups in total. The molecule has 4 rings (SSSR count). The number of nitrogens with one attached hydrogen (secondary N) is 3. The molecular formula is C28H30N4O2. The molecule has 0 aliphatic rings. The van der Waals surface area contributed by atoms with E-state index in [0.29, 0.717) is 24.7 Å². The molecule has 0 unspecified atom stereocenters. The Morgan fingerprint density at radius 1 is 1.03 bits per heavy atom. The zero-order chi connectivity index (χ0) is 23.9. The largest absolute Gasteiger partial charge is 0.494 e. The fraction of sp³-hybridized carbons (Fsp3) is 0.214. The number of benzene rings is 3. The summed E-state index contributed by atoms with van der Waals surface area (Å²) in [6.07, 6.45) is 2.77. The van der Waals surface area contributed by atoms with Crippen molar-refractivity contribution in [3.8, 4) is 5.75 Å². The van der Waals surface area contributed by atoms with E-state index in [1.165, 1.54) is 16.5 Å². The van der Waals surface area contributed by atoms with Crippen LogP contribution in [0.15, 0.2) is 77.9 Å². The summed E-state index contributed by atoms with van der Waals surface area (Å²) >= 11 is 0. The Morgan fingerprint density at radius 3 is 2.59 bits per heavy atom. The van der Waals surface area contributed by atoms with Gasteiger partial charge in [0.05, 0.1) is 6.61 Å². The van der Waals surface area contributed by atoms with Crippen LogP contribution < -0.4 is 15.4 Å². The highest BCUT2D eigenvalue weighted by Gasteiger charge is 2.11. The van der Waals surface area contributed by atoms with Gasteiger partial charge in [-0.2, -0.15) is 0 Å². The van der Waals surface area contributed by atoms with Crippen molar-refractivity contribution in [2.75, 3.05) is 18.5 Å². The van der Waals surface area contributed by atoms with Crippen LogP contribution in [0.1, 0.15) is 34.0 Å². The summed E-state index contributed by atoms with van der Waals surface area (Å²) in [6.45, 7) is 7.13. The van der Waals surface area contributed by atoms with Crippen LogP contribution in [-0.2, 0) is 6.42 Å². The Morgan fingerprint density at radius 2 is 1.82 bits per heavy atom. The van der Waals surface area contributed by atoms with Crippen LogP contribution >= 0.6 is 0 Å². The van der Waals surface area contributed by atoms with E-state index in [1.54, 1.807) is 24.3 Å². The van der Waals surface area contributed by atoms with Gasteiger partial charge in [-0.05, 0) is 74.7 Å². The lowest BCUT2D eigenvalue weighted by molar-refractivity contribution is 0.0977. The lowest BCUT2D eigenvalue weighted by Gasteiger charge is -2.14. The molecular weight excluding hydrogens is 424 g/mol. The molecule has 0 spiro atoms. The summed E-state index contributed by atoms with van der Waals surface area (Å²) in [4.78, 5) is 21.0. The summed E-state index contributed by atoms with van der Waals surface area (Å²) in [7, 11) is 0. The molecule has 6 heteroatoms. The van der Waals surface area contributed by atoms with Crippen LogP contribution in [0.2, 0.25) is 0 Å². The van der Waals surface area contributed by atoms with Gasteiger partial charge in [-0.15, -0.1) is 0 Å². The van der Waals surface area contributed by atoms with Gasteiger partial charge in [-0.3, -0.25) is 15.1 Å². The fourth-order valence-electron chi connectivity index (χ4n) is 3.87. The molecule has 0 aliphatic carbocycles. The van der Waals surface area contributed by atoms with Crippen LogP contribution in [-0.4, -0.2) is 30.0 Å². The fourth-order valence-corrected chi connectivity index (χ4v) is 3.87. The van der Waals surface area contributed by atoms with Gasteiger partial charge >= 0.3 is 0 Å². The molecule has 0 fully saturated rings. The van der Waals surface area contributed by atoms with Gasteiger partial charge in [0.2, 0.25) is 5.96 Å². The van der Waals surface area contributed by atoms with Gasteiger partial charge in [-0.25, -0.2) is 0 Å². The number of aliphatic imine (C=N–C) groups is 1. The lowest BCUT2D eigenvalue weighted by atomic mass is 10.1. The first-order valence-electron chi connectivity index (χ1n) is 11.5. The predicted octanol–water partition coefficient (Wildman–Crippen LogP) is 5.62. The molecule has 0 aliphatic heterocycles. The van der Waals surface area contributed by atoms with Crippen LogP contribution in [0.25, 0.3) is 10.9 Å². The number of guanidine groups is 1. The highest BCUT2D eigenvalue weighted by atomic mass is 16.5. The first-order chi connectivity index (χ1) is 16.5. The topological polar surface area (TPSA) is 78.5 Å². The average Bonchev–Trinajstić information content (AvgIpc) is 3.24. The molecule has 1 heterocycles. The molecule has 0 saturated heterocycles. The number of para-hydroxylation sites is 1. The number of nitrogens with zero attached hydrogens (tertiary/aromatic N) is 1. The van der Waals surface area contributed by atoms with E-state index in [-0.39, 0.29) is 5.91 Å². The quantitative estimate of drug-likeness (QED) is 0.250. The second-order valence-corrected chi connectivity index (χ2v) is 8.19. The van der Waals surface area contributed by atoms with Crippen LogP contribution in [0.4, 0.5) is 5.69 Å². The molecule has 1 amide bonds. The number of hydrogen-bond donors (Lipinski definition) is 3. The Balaban J connectivity index is 1.52. The van der Waals surface area contributed by atoms with Crippen molar-refractivity contribution >= 4 is 28.5 Å². The smallest absolute Gasteiger partial charge is 0.257 e. The molecule has 4 aromatic rings. The molecule has 0 saturated carbocycles. The minimum Gasteiger partial charge on any atom is -0.494 e. The third-order valence-corrected chi connectivity index (χ3v) is 5.62. The average molecular weight is 455 g/mol. The number of fused-ring (bicyclic) bond motifs is 1. The van der Waals surface area contributed by atoms with Crippen molar-refractivity contribution in [2.45, 2.75) is 27.2 Å². The van der Waals surface area contributed by atoms with E-state index >= 15 is 0 Å². The van der Waals surface area contributed by atoms with Crippen LogP contribution in [0.3, 0.4) is 0 Å². The van der Waals surface area contributed by atoms with Crippen LogP contribution in [0.5, 0.6) is 5.75 Å². The SMILES string of the molecule is CCOc1ccc(C(=O)NC(=NCCc2c[nH]c3ccccc23)Nc2ccc(C)cc2C)cc1. The molecule has 0 radical (unpaired) electrons. The van der Waals surface area contributed by atoms with E-state index in [4.69, 9.17) is 9.73 Å². The zero-order valence-corrected chi connectivity index (χ0v) is 19.8. The summed E-state index contributed by atoms with van der Waals surface area (Å²) in [5.74, 6) is 0.928. The highest BCUT2D eigenvalue weighted by Crippen LogP contribution is 2.19. The number of hydrogen-bond acceptors (Lipinski definition) is 3. The van der Waals surface area contributed by atoms with Crippen molar-refractivity contribution in [1.29, 1.82) is 0 Å². The molecule has 174 valence electrons. The van der Waals surface area contributed by atoms with E-state index in [2.05, 4.69) is 40.7 Å². The van der Waals surface area contributed by atoms with E-state index in [9.17, 15) is 4.79 Å². The van der Waals surface area contributed by atoms with Gasteiger partial charge in [-0.1, -0.05) is 35.9 Å². The standard InChI is InChI=1S/C28H30N4O2/c1-4-34-23-12-10-21(11-13-23)27(33)32-28(31-25-14-9-19(2)17-20(25)3)29-16-15-22-18-30-26-8-6-5-7-24(22)26/h5-14,17-18,30H,4,15-16H2,1-3H3,(H2,29,31,32,33). The van der Waals surface area contributed by atoms with E-state index in [1.807, 2.05) is 44.3 Å². The Hall–Kier alpha value is -4.06. The first kappa shape index (κ1) is 23.1. The number of carbonyl (C=O) groups is 1. The van der Waals surface area contributed by atoms with Crippen molar-refractivity contribution in [3.63, 3.8) is 0 Å². The maximum atomic E-state index is 12.9. The maximum Gasteiger partial charge on any atom is 0.257 e. The molecule has 34 heavy (non-hydrogen) atoms. The van der Waals surface area contributed by atoms with Crippen molar-refractivity contribution in [2.24, 2.45) is 4.99 Å². The third-order valence-electron chi connectivity index (χ3n) is 5.62. The van der Waals surface area contributed by atoms with E-state index < -0.39 is 0 Å². The minimum absolute atomic E-state index is 0.230. The maximum absolute atomic E-state index is 12.9. The lowest BCUT2D eigenvalue weighted by Crippen LogP contribution is -2.36. The predicted molar refractivity (Wildman–Crippen MR) is 139 cm³/mol. The van der Waals surface area contributed by atoms with Crippen molar-refractivity contribution in [1.82, 2.24) is 10.3 Å². The molecule has 3 aromatic carbocycles. The Bertz CT molecular complexity index is 1310. The van der Waals surface area contributed by atoms with E-state index in [0.717, 1.165) is 28.9 Å². The number of amides is 1. The van der Waals surface area contributed by atoms with Gasteiger partial charge in [0.15, 0.2) is 0 Å². The number of rotatable bonds is 7. The van der Waals surface area contributed by atoms with Gasteiger partial charge < -0.3 is 15.0 Å². The van der Waals surface area contributed by atoms with Crippen LogP contribution in [0, 0.1) is 13.8 Å². The monoisotopic (exact) mass is 454 g/mol. The molecule has 0 atom stereocenters. The third kappa shape index (κ3) is 5.64. The Kier molecular flexibility index (Phi) is 7.28. The number of carbonyl (C=O) groups excluding carboxylic acids is 1. The Labute approximate surface area is 200 Å². The number of aromatic nitrogens is 1. The second kappa shape index (κ2) is 10.7.